The summed E-state index contributed by atoms with van der Waals surface area (Å²) in [5, 5.41) is 11.1. The number of benzene rings is 1. The van der Waals surface area contributed by atoms with Gasteiger partial charge in [0.15, 0.2) is 5.96 Å². The zero-order valence-corrected chi connectivity index (χ0v) is 19.5. The van der Waals surface area contributed by atoms with Crippen LogP contribution in [0, 0.1) is 0 Å². The van der Waals surface area contributed by atoms with Gasteiger partial charge in [0, 0.05) is 44.5 Å². The van der Waals surface area contributed by atoms with Crippen molar-refractivity contribution in [2.45, 2.75) is 45.8 Å². The average Bonchev–Trinajstić information content (AvgIpc) is 3.39. The second kappa shape index (κ2) is 11.8. The van der Waals surface area contributed by atoms with Crippen molar-refractivity contribution in [3.63, 3.8) is 0 Å². The minimum Gasteiger partial charge on any atom is -0.357 e. The van der Waals surface area contributed by atoms with Crippen molar-refractivity contribution in [3.05, 3.63) is 53.9 Å². The summed E-state index contributed by atoms with van der Waals surface area (Å²) in [5.41, 5.74) is 2.40. The molecule has 1 fully saturated rings. The molecular formula is C21H31IN6O. The summed E-state index contributed by atoms with van der Waals surface area (Å²) in [6, 6.07) is 10.5. The Morgan fingerprint density at radius 1 is 1.24 bits per heavy atom. The van der Waals surface area contributed by atoms with E-state index in [4.69, 9.17) is 4.99 Å². The monoisotopic (exact) mass is 510 g/mol. The Labute approximate surface area is 190 Å². The molecule has 1 aliphatic rings. The highest BCUT2D eigenvalue weighted by molar-refractivity contribution is 14.0. The molecule has 3 rings (SSSR count). The van der Waals surface area contributed by atoms with E-state index in [1.165, 1.54) is 11.1 Å². The Morgan fingerprint density at radius 2 is 2.03 bits per heavy atom. The van der Waals surface area contributed by atoms with E-state index in [1.54, 1.807) is 6.20 Å². The van der Waals surface area contributed by atoms with Crippen LogP contribution >= 0.6 is 24.0 Å². The molecule has 158 valence electrons. The second-order valence-electron chi connectivity index (χ2n) is 6.99. The van der Waals surface area contributed by atoms with Crippen molar-refractivity contribution >= 4 is 35.8 Å². The molecule has 1 unspecified atom stereocenters. The number of hydrogen-bond donors (Lipinski definition) is 2. The smallest absolute Gasteiger partial charge is 0.222 e. The van der Waals surface area contributed by atoms with Gasteiger partial charge in [-0.1, -0.05) is 31.2 Å². The van der Waals surface area contributed by atoms with Crippen molar-refractivity contribution in [3.8, 4) is 0 Å². The molecule has 2 aromatic rings. The Balaban J connectivity index is 0.00000300. The van der Waals surface area contributed by atoms with E-state index in [1.807, 2.05) is 40.9 Å². The largest absolute Gasteiger partial charge is 0.357 e. The minimum atomic E-state index is 0. The van der Waals surface area contributed by atoms with Gasteiger partial charge < -0.3 is 15.5 Å². The Hall–Kier alpha value is -2.10. The molecule has 0 bridgehead atoms. The summed E-state index contributed by atoms with van der Waals surface area (Å²) in [7, 11) is 0. The normalized spacial score (nSPS) is 16.4. The van der Waals surface area contributed by atoms with Gasteiger partial charge in [-0.25, -0.2) is 4.99 Å². The third-order valence-electron chi connectivity index (χ3n) is 4.95. The minimum absolute atomic E-state index is 0. The first kappa shape index (κ1) is 23.2. The van der Waals surface area contributed by atoms with Crippen LogP contribution in [0.1, 0.15) is 37.8 Å². The fourth-order valence-corrected chi connectivity index (χ4v) is 3.44. The number of nitrogens with one attached hydrogen (secondary N) is 2. The quantitative estimate of drug-likeness (QED) is 0.341. The van der Waals surface area contributed by atoms with Gasteiger partial charge >= 0.3 is 0 Å². The lowest BCUT2D eigenvalue weighted by Gasteiger charge is -2.19. The number of hydrogen-bond acceptors (Lipinski definition) is 3. The van der Waals surface area contributed by atoms with Crippen molar-refractivity contribution in [2.24, 2.45) is 4.99 Å². The van der Waals surface area contributed by atoms with Gasteiger partial charge in [0.05, 0.1) is 13.1 Å². The number of aromatic nitrogens is 2. The van der Waals surface area contributed by atoms with Gasteiger partial charge in [0.2, 0.25) is 5.91 Å². The lowest BCUT2D eigenvalue weighted by Crippen LogP contribution is -2.45. The van der Waals surface area contributed by atoms with Crippen LogP contribution in [0.15, 0.2) is 47.7 Å². The highest BCUT2D eigenvalue weighted by Crippen LogP contribution is 2.13. The number of carbonyl (C=O) groups is 1. The van der Waals surface area contributed by atoms with Gasteiger partial charge in [-0.2, -0.15) is 5.10 Å². The molecule has 2 heterocycles. The second-order valence-corrected chi connectivity index (χ2v) is 6.99. The molecule has 0 saturated carbocycles. The third kappa shape index (κ3) is 6.73. The van der Waals surface area contributed by atoms with Crippen molar-refractivity contribution in [1.29, 1.82) is 0 Å². The molecule has 29 heavy (non-hydrogen) atoms. The summed E-state index contributed by atoms with van der Waals surface area (Å²) in [6.45, 7) is 7.66. The number of nitrogens with zero attached hydrogens (tertiary/aromatic N) is 4. The Bertz CT molecular complexity index is 792. The molecule has 1 amide bonds. The topological polar surface area (TPSA) is 74.6 Å². The summed E-state index contributed by atoms with van der Waals surface area (Å²) in [6.07, 6.45) is 5.27. The summed E-state index contributed by atoms with van der Waals surface area (Å²) >= 11 is 0. The van der Waals surface area contributed by atoms with Gasteiger partial charge in [-0.15, -0.1) is 24.0 Å². The number of amides is 1. The van der Waals surface area contributed by atoms with E-state index in [2.05, 4.69) is 34.8 Å². The Morgan fingerprint density at radius 3 is 2.72 bits per heavy atom. The molecule has 8 heteroatoms. The number of rotatable bonds is 7. The maximum absolute atomic E-state index is 11.9. The molecule has 1 saturated heterocycles. The highest BCUT2D eigenvalue weighted by atomic mass is 127. The first-order valence-corrected chi connectivity index (χ1v) is 10.1. The number of likely N-dealkylation sites (tertiary alicyclic amines) is 1. The molecule has 1 aromatic carbocycles. The molecule has 1 atom stereocenters. The highest BCUT2D eigenvalue weighted by Gasteiger charge is 2.25. The van der Waals surface area contributed by atoms with Crippen LogP contribution in [0.25, 0.3) is 0 Å². The van der Waals surface area contributed by atoms with Gasteiger partial charge in [-0.3, -0.25) is 9.48 Å². The van der Waals surface area contributed by atoms with Crippen LogP contribution in [-0.4, -0.2) is 52.2 Å². The van der Waals surface area contributed by atoms with Crippen LogP contribution in [0.2, 0.25) is 0 Å². The van der Waals surface area contributed by atoms with E-state index in [9.17, 15) is 4.79 Å². The Kier molecular flexibility index (Phi) is 9.43. The number of guanidine groups is 1. The summed E-state index contributed by atoms with van der Waals surface area (Å²) in [4.78, 5) is 18.6. The zero-order valence-electron chi connectivity index (χ0n) is 17.2. The van der Waals surface area contributed by atoms with Crippen LogP contribution in [0.5, 0.6) is 0 Å². The first-order chi connectivity index (χ1) is 13.7. The number of carbonyl (C=O) groups excluding carboxylic acids is 1. The van der Waals surface area contributed by atoms with Gasteiger partial charge in [0.1, 0.15) is 0 Å². The van der Waals surface area contributed by atoms with Crippen molar-refractivity contribution in [1.82, 2.24) is 25.3 Å². The predicted molar refractivity (Wildman–Crippen MR) is 126 cm³/mol. The molecule has 7 nitrogen and oxygen atoms in total. The van der Waals surface area contributed by atoms with Crippen LogP contribution in [0.3, 0.4) is 0 Å². The van der Waals surface area contributed by atoms with Crippen LogP contribution < -0.4 is 10.6 Å². The molecule has 2 N–H and O–H groups in total. The van der Waals surface area contributed by atoms with Gasteiger partial charge in [-0.05, 0) is 30.5 Å². The SMILES string of the molecule is CCNC(=NCc1ccccc1Cn1cccn1)NC1CCN(C(=O)CC)C1.I. The molecule has 0 radical (unpaired) electrons. The van der Waals surface area contributed by atoms with Gasteiger partial charge in [0.25, 0.3) is 0 Å². The number of halogens is 1. The molecule has 0 spiro atoms. The summed E-state index contributed by atoms with van der Waals surface area (Å²) < 4.78 is 1.92. The lowest BCUT2D eigenvalue weighted by atomic mass is 10.1. The van der Waals surface area contributed by atoms with E-state index in [0.29, 0.717) is 13.0 Å². The molecule has 1 aromatic heterocycles. The molecule has 1 aliphatic heterocycles. The lowest BCUT2D eigenvalue weighted by molar-refractivity contribution is -0.129. The average molecular weight is 510 g/mol. The third-order valence-corrected chi connectivity index (χ3v) is 4.95. The van der Waals surface area contributed by atoms with E-state index < -0.39 is 0 Å². The van der Waals surface area contributed by atoms with E-state index in [0.717, 1.165) is 38.6 Å². The van der Waals surface area contributed by atoms with Crippen molar-refractivity contribution in [2.75, 3.05) is 19.6 Å². The van der Waals surface area contributed by atoms with E-state index >= 15 is 0 Å². The predicted octanol–water partition coefficient (Wildman–Crippen LogP) is 2.62. The van der Waals surface area contributed by atoms with Crippen molar-refractivity contribution < 1.29 is 4.79 Å². The standard InChI is InChI=1S/C21H30N6O.HI/c1-3-20(28)26-13-10-19(16-26)25-21(22-4-2)23-14-17-8-5-6-9-18(17)15-27-12-7-11-24-27;/h5-9,11-12,19H,3-4,10,13-16H2,1-2H3,(H2,22,23,25);1H. The van der Waals surface area contributed by atoms with Crippen LogP contribution in [0.4, 0.5) is 0 Å². The maximum atomic E-state index is 11.9. The summed E-state index contributed by atoms with van der Waals surface area (Å²) in [5.74, 6) is 1.02. The van der Waals surface area contributed by atoms with E-state index in [-0.39, 0.29) is 35.9 Å². The van der Waals surface area contributed by atoms with Crippen LogP contribution in [-0.2, 0) is 17.9 Å². The fraction of sp³-hybridized carbons (Fsp3) is 0.476. The number of aliphatic imine (C=N–C) groups is 1. The molecular weight excluding hydrogens is 479 g/mol. The zero-order chi connectivity index (χ0) is 19.8. The fourth-order valence-electron chi connectivity index (χ4n) is 3.44. The first-order valence-electron chi connectivity index (χ1n) is 10.1. The maximum Gasteiger partial charge on any atom is 0.222 e. The molecule has 0 aliphatic carbocycles.